The van der Waals surface area contributed by atoms with E-state index in [-0.39, 0.29) is 0 Å². The van der Waals surface area contributed by atoms with Crippen LogP contribution in [0.2, 0.25) is 0 Å². The summed E-state index contributed by atoms with van der Waals surface area (Å²) in [6.07, 6.45) is 3.90. The van der Waals surface area contributed by atoms with Crippen molar-refractivity contribution in [3.05, 3.63) is 28.9 Å². The van der Waals surface area contributed by atoms with Crippen LogP contribution in [0.3, 0.4) is 0 Å². The molecule has 3 rings (SSSR count). The molecule has 0 aromatic carbocycles. The molecule has 3 aromatic rings. The predicted octanol–water partition coefficient (Wildman–Crippen LogP) is 2.41. The van der Waals surface area contributed by atoms with Gasteiger partial charge in [0.2, 0.25) is 5.95 Å². The first-order valence-corrected chi connectivity index (χ1v) is 7.53. The maximum atomic E-state index is 4.62. The SMILES string of the molecule is CNc1nc(N(C)Cc2cnn(C)c2)c2cc(C)sc2n1. The molecule has 7 heteroatoms. The fourth-order valence-electron chi connectivity index (χ4n) is 2.33. The molecule has 0 saturated carbocycles. The van der Waals surface area contributed by atoms with Crippen molar-refractivity contribution >= 4 is 33.3 Å². The van der Waals surface area contributed by atoms with E-state index >= 15 is 0 Å². The van der Waals surface area contributed by atoms with E-state index in [4.69, 9.17) is 0 Å². The predicted molar refractivity (Wildman–Crippen MR) is 87.0 cm³/mol. The number of fused-ring (bicyclic) bond motifs is 1. The van der Waals surface area contributed by atoms with Gasteiger partial charge in [0.15, 0.2) is 0 Å². The van der Waals surface area contributed by atoms with Gasteiger partial charge in [-0.05, 0) is 13.0 Å². The Morgan fingerprint density at radius 2 is 2.19 bits per heavy atom. The number of anilines is 2. The highest BCUT2D eigenvalue weighted by molar-refractivity contribution is 7.18. The quantitative estimate of drug-likeness (QED) is 0.802. The van der Waals surface area contributed by atoms with Gasteiger partial charge < -0.3 is 10.2 Å². The van der Waals surface area contributed by atoms with Crippen LogP contribution in [0.15, 0.2) is 18.5 Å². The minimum Gasteiger partial charge on any atom is -0.357 e. The standard InChI is InChI=1S/C14H18N6S/c1-9-5-11-12(17-14(15-2)18-13(11)21-9)19(3)7-10-6-16-20(4)8-10/h5-6,8H,7H2,1-4H3,(H,15,17,18). The summed E-state index contributed by atoms with van der Waals surface area (Å²) in [5.74, 6) is 1.59. The van der Waals surface area contributed by atoms with Gasteiger partial charge in [-0.1, -0.05) is 0 Å². The molecule has 0 aliphatic rings. The summed E-state index contributed by atoms with van der Waals surface area (Å²) in [5, 5.41) is 8.34. The van der Waals surface area contributed by atoms with Crippen LogP contribution in [0.25, 0.3) is 10.2 Å². The summed E-state index contributed by atoms with van der Waals surface area (Å²) in [5.41, 5.74) is 1.16. The van der Waals surface area contributed by atoms with Crippen LogP contribution >= 0.6 is 11.3 Å². The van der Waals surface area contributed by atoms with E-state index in [2.05, 4.69) is 38.3 Å². The van der Waals surface area contributed by atoms with Crippen LogP contribution < -0.4 is 10.2 Å². The second-order valence-corrected chi connectivity index (χ2v) is 6.31. The van der Waals surface area contributed by atoms with Gasteiger partial charge in [0.05, 0.1) is 11.6 Å². The first-order valence-electron chi connectivity index (χ1n) is 6.71. The lowest BCUT2D eigenvalue weighted by Gasteiger charge is -2.18. The summed E-state index contributed by atoms with van der Waals surface area (Å²) in [6.45, 7) is 2.86. The largest absolute Gasteiger partial charge is 0.357 e. The van der Waals surface area contributed by atoms with Crippen LogP contribution in [-0.2, 0) is 13.6 Å². The molecule has 0 unspecified atom stereocenters. The van der Waals surface area contributed by atoms with Gasteiger partial charge >= 0.3 is 0 Å². The fraction of sp³-hybridized carbons (Fsp3) is 0.357. The Morgan fingerprint density at radius 1 is 1.38 bits per heavy atom. The van der Waals surface area contributed by atoms with Crippen molar-refractivity contribution in [3.63, 3.8) is 0 Å². The molecule has 3 heterocycles. The zero-order valence-corrected chi connectivity index (χ0v) is 13.4. The van der Waals surface area contributed by atoms with Gasteiger partial charge in [0.1, 0.15) is 10.6 Å². The Morgan fingerprint density at radius 3 is 2.86 bits per heavy atom. The summed E-state index contributed by atoms with van der Waals surface area (Å²) in [4.78, 5) is 13.5. The lowest BCUT2D eigenvalue weighted by Crippen LogP contribution is -2.18. The van der Waals surface area contributed by atoms with Crippen LogP contribution in [0.5, 0.6) is 0 Å². The molecule has 0 aliphatic carbocycles. The number of hydrogen-bond acceptors (Lipinski definition) is 6. The highest BCUT2D eigenvalue weighted by Gasteiger charge is 2.14. The van der Waals surface area contributed by atoms with E-state index in [1.54, 1.807) is 11.3 Å². The van der Waals surface area contributed by atoms with Gasteiger partial charge in [0, 0.05) is 44.3 Å². The van der Waals surface area contributed by atoms with Crippen molar-refractivity contribution in [2.24, 2.45) is 7.05 Å². The molecule has 21 heavy (non-hydrogen) atoms. The molecule has 0 fully saturated rings. The van der Waals surface area contributed by atoms with Crippen molar-refractivity contribution in [1.82, 2.24) is 19.7 Å². The average Bonchev–Trinajstić information content (AvgIpc) is 3.02. The topological polar surface area (TPSA) is 58.9 Å². The Labute approximate surface area is 127 Å². The zero-order chi connectivity index (χ0) is 15.0. The van der Waals surface area contributed by atoms with Gasteiger partial charge in [-0.3, -0.25) is 4.68 Å². The Hall–Kier alpha value is -2.15. The summed E-state index contributed by atoms with van der Waals surface area (Å²) < 4.78 is 1.81. The van der Waals surface area contributed by atoms with Crippen molar-refractivity contribution in [2.45, 2.75) is 13.5 Å². The Balaban J connectivity index is 2.01. The second kappa shape index (κ2) is 5.33. The van der Waals surface area contributed by atoms with E-state index in [1.807, 2.05) is 38.2 Å². The number of rotatable bonds is 4. The molecule has 0 atom stereocenters. The van der Waals surface area contributed by atoms with Crippen molar-refractivity contribution in [3.8, 4) is 0 Å². The van der Waals surface area contributed by atoms with Crippen molar-refractivity contribution in [1.29, 1.82) is 0 Å². The van der Waals surface area contributed by atoms with Crippen molar-refractivity contribution in [2.75, 3.05) is 24.3 Å². The number of aromatic nitrogens is 4. The van der Waals surface area contributed by atoms with Crippen LogP contribution in [0.4, 0.5) is 11.8 Å². The molecule has 110 valence electrons. The molecule has 3 aromatic heterocycles. The third-order valence-corrected chi connectivity index (χ3v) is 4.20. The van der Waals surface area contributed by atoms with E-state index in [9.17, 15) is 0 Å². The van der Waals surface area contributed by atoms with E-state index < -0.39 is 0 Å². The van der Waals surface area contributed by atoms with Gasteiger partial charge in [-0.2, -0.15) is 10.1 Å². The molecule has 1 N–H and O–H groups in total. The maximum absolute atomic E-state index is 4.62. The van der Waals surface area contributed by atoms with Crippen LogP contribution in [-0.4, -0.2) is 33.8 Å². The van der Waals surface area contributed by atoms with Gasteiger partial charge in [-0.15, -0.1) is 11.3 Å². The van der Waals surface area contributed by atoms with Gasteiger partial charge in [-0.25, -0.2) is 4.98 Å². The molecule has 0 amide bonds. The monoisotopic (exact) mass is 302 g/mol. The maximum Gasteiger partial charge on any atom is 0.225 e. The fourth-order valence-corrected chi connectivity index (χ4v) is 3.21. The minimum atomic E-state index is 0.650. The van der Waals surface area contributed by atoms with Crippen LogP contribution in [0.1, 0.15) is 10.4 Å². The molecule has 6 nitrogen and oxygen atoms in total. The Kier molecular flexibility index (Phi) is 3.50. The number of hydrogen-bond donors (Lipinski definition) is 1. The lowest BCUT2D eigenvalue weighted by molar-refractivity contribution is 0.766. The molecule has 0 aliphatic heterocycles. The Bertz CT molecular complexity index is 775. The van der Waals surface area contributed by atoms with E-state index in [1.165, 1.54) is 4.88 Å². The minimum absolute atomic E-state index is 0.650. The van der Waals surface area contributed by atoms with Crippen LogP contribution in [0, 0.1) is 6.92 Å². The first kappa shape index (κ1) is 13.8. The molecular formula is C14H18N6S. The third kappa shape index (κ3) is 2.69. The highest BCUT2D eigenvalue weighted by atomic mass is 32.1. The smallest absolute Gasteiger partial charge is 0.225 e. The summed E-state index contributed by atoms with van der Waals surface area (Å²) in [6, 6.07) is 2.15. The number of thiophene rings is 1. The van der Waals surface area contributed by atoms with Gasteiger partial charge in [0.25, 0.3) is 0 Å². The molecule has 0 bridgehead atoms. The zero-order valence-electron chi connectivity index (χ0n) is 12.6. The molecule has 0 radical (unpaired) electrons. The first-order chi connectivity index (χ1) is 10.1. The number of nitrogens with one attached hydrogen (secondary N) is 1. The second-order valence-electron chi connectivity index (χ2n) is 5.08. The normalized spacial score (nSPS) is 11.0. The third-order valence-electron chi connectivity index (χ3n) is 3.26. The highest BCUT2D eigenvalue weighted by Crippen LogP contribution is 2.31. The average molecular weight is 302 g/mol. The lowest BCUT2D eigenvalue weighted by atomic mass is 10.3. The number of aryl methyl sites for hydroxylation is 2. The van der Waals surface area contributed by atoms with Crippen molar-refractivity contribution < 1.29 is 0 Å². The number of nitrogens with zero attached hydrogens (tertiary/aromatic N) is 5. The van der Waals surface area contributed by atoms with E-state index in [0.717, 1.165) is 28.1 Å². The molecular weight excluding hydrogens is 284 g/mol. The molecule has 0 spiro atoms. The van der Waals surface area contributed by atoms with E-state index in [0.29, 0.717) is 5.95 Å². The molecule has 0 saturated heterocycles. The summed E-state index contributed by atoms with van der Waals surface area (Å²) in [7, 11) is 5.81. The summed E-state index contributed by atoms with van der Waals surface area (Å²) >= 11 is 1.69.